The summed E-state index contributed by atoms with van der Waals surface area (Å²) in [6.45, 7) is 5.21. The lowest BCUT2D eigenvalue weighted by atomic mass is 10.2. The average Bonchev–Trinajstić information content (AvgIpc) is 2.56. The predicted molar refractivity (Wildman–Crippen MR) is 98.2 cm³/mol. The normalized spacial score (nSPS) is 10.5. The van der Waals surface area contributed by atoms with Crippen LogP contribution in [0, 0.1) is 0 Å². The number of amides is 1. The van der Waals surface area contributed by atoms with Crippen LogP contribution in [0.25, 0.3) is 0 Å². The van der Waals surface area contributed by atoms with Crippen molar-refractivity contribution in [1.82, 2.24) is 4.90 Å². The molecule has 0 bridgehead atoms. The molecule has 1 N–H and O–H groups in total. The number of benzene rings is 2. The molecular formula is C20H26N2O2. The summed E-state index contributed by atoms with van der Waals surface area (Å²) >= 11 is 0. The quantitative estimate of drug-likeness (QED) is 0.799. The molecule has 0 aliphatic heterocycles. The molecule has 0 aliphatic carbocycles. The first-order valence-corrected chi connectivity index (χ1v) is 8.33. The summed E-state index contributed by atoms with van der Waals surface area (Å²) in [6, 6.07) is 17.8. The maximum atomic E-state index is 12.3. The molecule has 0 spiro atoms. The number of carbonyl (C=O) groups is 1. The van der Waals surface area contributed by atoms with E-state index in [-0.39, 0.29) is 12.0 Å². The van der Waals surface area contributed by atoms with Crippen LogP contribution in [0.5, 0.6) is 5.75 Å². The molecule has 0 unspecified atom stereocenters. The minimum absolute atomic E-state index is 0.117. The Morgan fingerprint density at radius 1 is 1.08 bits per heavy atom. The molecule has 0 aliphatic rings. The summed E-state index contributed by atoms with van der Waals surface area (Å²) in [5, 5.41) is 3.30. The number of anilines is 1. The van der Waals surface area contributed by atoms with Gasteiger partial charge in [-0.3, -0.25) is 4.79 Å². The highest BCUT2D eigenvalue weighted by atomic mass is 16.5. The number of hydrogen-bond acceptors (Lipinski definition) is 3. The van der Waals surface area contributed by atoms with Gasteiger partial charge in [-0.2, -0.15) is 0 Å². The van der Waals surface area contributed by atoms with E-state index >= 15 is 0 Å². The predicted octanol–water partition coefficient (Wildman–Crippen LogP) is 3.93. The van der Waals surface area contributed by atoms with Crippen molar-refractivity contribution in [2.75, 3.05) is 18.9 Å². The SMILES string of the molecule is CC(C)Oc1ccccc1NCCC(=O)N(C)Cc1ccccc1. The molecule has 0 fully saturated rings. The standard InChI is InChI=1S/C20H26N2O2/c1-16(2)24-19-12-8-7-11-18(19)21-14-13-20(23)22(3)15-17-9-5-4-6-10-17/h4-12,16,21H,13-15H2,1-3H3. The Labute approximate surface area is 144 Å². The highest BCUT2D eigenvalue weighted by molar-refractivity contribution is 5.76. The van der Waals surface area contributed by atoms with Crippen LogP contribution in [-0.4, -0.2) is 30.5 Å². The Bertz CT molecular complexity index is 641. The van der Waals surface area contributed by atoms with Gasteiger partial charge in [-0.25, -0.2) is 0 Å². The van der Waals surface area contributed by atoms with E-state index in [1.807, 2.05) is 75.5 Å². The van der Waals surface area contributed by atoms with Crippen LogP contribution < -0.4 is 10.1 Å². The van der Waals surface area contributed by atoms with E-state index in [9.17, 15) is 4.79 Å². The van der Waals surface area contributed by atoms with E-state index in [4.69, 9.17) is 4.74 Å². The summed E-state index contributed by atoms with van der Waals surface area (Å²) in [5.74, 6) is 0.936. The van der Waals surface area contributed by atoms with Gasteiger partial charge in [-0.05, 0) is 31.5 Å². The highest BCUT2D eigenvalue weighted by Crippen LogP contribution is 2.24. The molecule has 2 aromatic carbocycles. The summed E-state index contributed by atoms with van der Waals surface area (Å²) < 4.78 is 5.77. The second-order valence-corrected chi connectivity index (χ2v) is 6.07. The minimum atomic E-state index is 0.117. The molecular weight excluding hydrogens is 300 g/mol. The number of nitrogens with one attached hydrogen (secondary N) is 1. The number of nitrogens with zero attached hydrogens (tertiary/aromatic N) is 1. The number of hydrogen-bond donors (Lipinski definition) is 1. The minimum Gasteiger partial charge on any atom is -0.489 e. The smallest absolute Gasteiger partial charge is 0.224 e. The first kappa shape index (κ1) is 17.9. The monoisotopic (exact) mass is 326 g/mol. The van der Waals surface area contributed by atoms with Gasteiger partial charge in [0.05, 0.1) is 11.8 Å². The zero-order valence-electron chi connectivity index (χ0n) is 14.7. The molecule has 0 saturated carbocycles. The van der Waals surface area contributed by atoms with Crippen molar-refractivity contribution < 1.29 is 9.53 Å². The Kier molecular flexibility index (Phi) is 6.67. The van der Waals surface area contributed by atoms with Gasteiger partial charge < -0.3 is 15.0 Å². The lowest BCUT2D eigenvalue weighted by molar-refractivity contribution is -0.130. The zero-order valence-corrected chi connectivity index (χ0v) is 14.7. The maximum absolute atomic E-state index is 12.3. The molecule has 0 saturated heterocycles. The summed E-state index contributed by atoms with van der Waals surface area (Å²) in [6.07, 6.45) is 0.561. The third-order valence-corrected chi connectivity index (χ3v) is 3.59. The van der Waals surface area contributed by atoms with Crippen LogP contribution >= 0.6 is 0 Å². The first-order chi connectivity index (χ1) is 11.6. The highest BCUT2D eigenvalue weighted by Gasteiger charge is 2.10. The van der Waals surface area contributed by atoms with Gasteiger partial charge in [-0.1, -0.05) is 42.5 Å². The largest absolute Gasteiger partial charge is 0.489 e. The van der Waals surface area contributed by atoms with E-state index in [1.54, 1.807) is 4.90 Å². The van der Waals surface area contributed by atoms with Crippen LogP contribution in [0.1, 0.15) is 25.8 Å². The van der Waals surface area contributed by atoms with Crippen molar-refractivity contribution in [3.63, 3.8) is 0 Å². The van der Waals surface area contributed by atoms with Crippen LogP contribution in [-0.2, 0) is 11.3 Å². The molecule has 0 heterocycles. The first-order valence-electron chi connectivity index (χ1n) is 8.33. The van der Waals surface area contributed by atoms with E-state index in [2.05, 4.69) is 5.32 Å². The van der Waals surface area contributed by atoms with Gasteiger partial charge in [0.1, 0.15) is 5.75 Å². The molecule has 1 amide bonds. The van der Waals surface area contributed by atoms with Crippen molar-refractivity contribution in [1.29, 1.82) is 0 Å². The van der Waals surface area contributed by atoms with Crippen molar-refractivity contribution in [3.8, 4) is 5.75 Å². The van der Waals surface area contributed by atoms with Crippen LogP contribution in [0.3, 0.4) is 0 Å². The lowest BCUT2D eigenvalue weighted by Crippen LogP contribution is -2.27. The number of carbonyl (C=O) groups excluding carboxylic acids is 1. The Hall–Kier alpha value is -2.49. The van der Waals surface area contributed by atoms with Crippen molar-refractivity contribution in [2.45, 2.75) is 32.9 Å². The molecule has 2 rings (SSSR count). The summed E-state index contributed by atoms with van der Waals surface area (Å²) in [4.78, 5) is 14.0. The molecule has 0 atom stereocenters. The fourth-order valence-corrected chi connectivity index (χ4v) is 2.41. The fourth-order valence-electron chi connectivity index (χ4n) is 2.41. The van der Waals surface area contributed by atoms with Crippen LogP contribution in [0.2, 0.25) is 0 Å². The van der Waals surface area contributed by atoms with E-state index in [0.717, 1.165) is 17.0 Å². The number of para-hydroxylation sites is 2. The Balaban J connectivity index is 1.82. The second kappa shape index (κ2) is 8.96. The van der Waals surface area contributed by atoms with Gasteiger partial charge in [0.25, 0.3) is 0 Å². The van der Waals surface area contributed by atoms with Gasteiger partial charge in [0, 0.05) is 26.6 Å². The van der Waals surface area contributed by atoms with E-state index in [1.165, 1.54) is 0 Å². The number of rotatable bonds is 8. The average molecular weight is 326 g/mol. The summed E-state index contributed by atoms with van der Waals surface area (Å²) in [7, 11) is 1.84. The number of ether oxygens (including phenoxy) is 1. The zero-order chi connectivity index (χ0) is 17.4. The third-order valence-electron chi connectivity index (χ3n) is 3.59. The Morgan fingerprint density at radius 3 is 2.46 bits per heavy atom. The molecule has 0 radical (unpaired) electrons. The van der Waals surface area contributed by atoms with E-state index in [0.29, 0.717) is 19.5 Å². The van der Waals surface area contributed by atoms with E-state index < -0.39 is 0 Å². The maximum Gasteiger partial charge on any atom is 0.224 e. The Morgan fingerprint density at radius 2 is 1.75 bits per heavy atom. The summed E-state index contributed by atoms with van der Waals surface area (Å²) in [5.41, 5.74) is 2.06. The molecule has 4 nitrogen and oxygen atoms in total. The molecule has 24 heavy (non-hydrogen) atoms. The van der Waals surface area contributed by atoms with Crippen molar-refractivity contribution in [2.24, 2.45) is 0 Å². The van der Waals surface area contributed by atoms with Gasteiger partial charge in [-0.15, -0.1) is 0 Å². The van der Waals surface area contributed by atoms with Gasteiger partial charge in [0.2, 0.25) is 5.91 Å². The van der Waals surface area contributed by atoms with Crippen molar-refractivity contribution >= 4 is 11.6 Å². The third kappa shape index (κ3) is 5.61. The molecule has 4 heteroatoms. The van der Waals surface area contributed by atoms with Gasteiger partial charge in [0.15, 0.2) is 0 Å². The lowest BCUT2D eigenvalue weighted by Gasteiger charge is -2.18. The molecule has 128 valence electrons. The molecule has 0 aromatic heterocycles. The second-order valence-electron chi connectivity index (χ2n) is 6.07. The topological polar surface area (TPSA) is 41.6 Å². The van der Waals surface area contributed by atoms with Crippen LogP contribution in [0.4, 0.5) is 5.69 Å². The fraction of sp³-hybridized carbons (Fsp3) is 0.350. The molecule has 2 aromatic rings. The van der Waals surface area contributed by atoms with Gasteiger partial charge >= 0.3 is 0 Å². The van der Waals surface area contributed by atoms with Crippen molar-refractivity contribution in [3.05, 3.63) is 60.2 Å². The van der Waals surface area contributed by atoms with Crippen LogP contribution in [0.15, 0.2) is 54.6 Å².